The molecule has 2 aromatic rings. The second-order valence-corrected chi connectivity index (χ2v) is 7.46. The Hall–Kier alpha value is -2.34. The molecule has 2 aliphatic rings. The lowest BCUT2D eigenvalue weighted by molar-refractivity contribution is -0.00568. The largest absolute Gasteiger partial charge is 0.497 e. The van der Waals surface area contributed by atoms with Gasteiger partial charge in [0.25, 0.3) is 5.91 Å². The summed E-state index contributed by atoms with van der Waals surface area (Å²) < 4.78 is 11.5. The average Bonchev–Trinajstić information content (AvgIpc) is 3.16. The van der Waals surface area contributed by atoms with E-state index in [9.17, 15) is 9.59 Å². The number of thiophene rings is 1. The molecule has 0 radical (unpaired) electrons. The Labute approximate surface area is 150 Å². The molecule has 130 valence electrons. The predicted octanol–water partition coefficient (Wildman–Crippen LogP) is 3.40. The summed E-state index contributed by atoms with van der Waals surface area (Å²) >= 11 is 1.46. The van der Waals surface area contributed by atoms with Gasteiger partial charge in [0.1, 0.15) is 17.1 Å². The van der Waals surface area contributed by atoms with Crippen molar-refractivity contribution < 1.29 is 19.1 Å². The molecule has 5 nitrogen and oxygen atoms in total. The van der Waals surface area contributed by atoms with Crippen LogP contribution in [0.25, 0.3) is 0 Å². The zero-order valence-electron chi connectivity index (χ0n) is 14.0. The third-order valence-corrected chi connectivity index (χ3v) is 5.85. The number of methoxy groups -OCH3 is 1. The van der Waals surface area contributed by atoms with Crippen molar-refractivity contribution >= 4 is 23.0 Å². The molecule has 1 saturated heterocycles. The zero-order chi connectivity index (χ0) is 17.4. The number of nitrogens with zero attached hydrogens (tertiary/aromatic N) is 1. The summed E-state index contributed by atoms with van der Waals surface area (Å²) in [6.45, 7) is 1.20. The summed E-state index contributed by atoms with van der Waals surface area (Å²) in [5.74, 6) is 1.43. The van der Waals surface area contributed by atoms with Crippen LogP contribution in [0.5, 0.6) is 11.5 Å². The van der Waals surface area contributed by atoms with Crippen LogP contribution in [0.15, 0.2) is 35.7 Å². The summed E-state index contributed by atoms with van der Waals surface area (Å²) in [5, 5.41) is 1.91. The number of carbonyl (C=O) groups excluding carboxylic acids is 2. The predicted molar refractivity (Wildman–Crippen MR) is 94.8 cm³/mol. The Kier molecular flexibility index (Phi) is 4.00. The highest BCUT2D eigenvalue weighted by Gasteiger charge is 2.43. The van der Waals surface area contributed by atoms with Crippen molar-refractivity contribution in [2.45, 2.75) is 24.9 Å². The minimum Gasteiger partial charge on any atom is -0.497 e. The number of Topliss-reactive ketones (excluding diaryl/α,β-unsaturated/α-hetero) is 1. The van der Waals surface area contributed by atoms with Gasteiger partial charge in [-0.15, -0.1) is 11.3 Å². The summed E-state index contributed by atoms with van der Waals surface area (Å²) in [4.78, 5) is 27.7. The summed E-state index contributed by atoms with van der Waals surface area (Å²) in [6.07, 6.45) is 1.69. The average molecular weight is 357 g/mol. The van der Waals surface area contributed by atoms with Crippen LogP contribution < -0.4 is 9.47 Å². The quantitative estimate of drug-likeness (QED) is 0.827. The van der Waals surface area contributed by atoms with Crippen molar-refractivity contribution in [2.75, 3.05) is 20.2 Å². The van der Waals surface area contributed by atoms with E-state index in [1.807, 2.05) is 22.4 Å². The van der Waals surface area contributed by atoms with Gasteiger partial charge in [0.2, 0.25) is 0 Å². The summed E-state index contributed by atoms with van der Waals surface area (Å²) in [6, 6.07) is 9.05. The molecule has 0 saturated carbocycles. The van der Waals surface area contributed by atoms with Crippen LogP contribution in [0.1, 0.15) is 39.3 Å². The van der Waals surface area contributed by atoms with E-state index in [0.29, 0.717) is 49.4 Å². The fourth-order valence-corrected chi connectivity index (χ4v) is 4.24. The first-order valence-electron chi connectivity index (χ1n) is 8.33. The Morgan fingerprint density at radius 3 is 2.76 bits per heavy atom. The first-order valence-corrected chi connectivity index (χ1v) is 9.21. The Morgan fingerprint density at radius 2 is 2.08 bits per heavy atom. The maximum absolute atomic E-state index is 12.6. The van der Waals surface area contributed by atoms with Crippen LogP contribution in [0.4, 0.5) is 0 Å². The van der Waals surface area contributed by atoms with E-state index in [1.165, 1.54) is 11.3 Å². The van der Waals surface area contributed by atoms with Crippen LogP contribution >= 0.6 is 11.3 Å². The molecule has 0 unspecified atom stereocenters. The number of ether oxygens (including phenoxy) is 2. The summed E-state index contributed by atoms with van der Waals surface area (Å²) in [7, 11) is 1.59. The number of carbonyl (C=O) groups is 2. The molecular weight excluding hydrogens is 338 g/mol. The first-order chi connectivity index (χ1) is 12.1. The van der Waals surface area contributed by atoms with Crippen LogP contribution in [0.2, 0.25) is 0 Å². The number of hydrogen-bond donors (Lipinski definition) is 0. The maximum atomic E-state index is 12.6. The number of rotatable bonds is 2. The van der Waals surface area contributed by atoms with Gasteiger partial charge in [0.15, 0.2) is 5.78 Å². The number of likely N-dealkylation sites (tertiary alicyclic amines) is 1. The first kappa shape index (κ1) is 16.1. The molecule has 0 bridgehead atoms. The Bertz CT molecular complexity index is 807. The van der Waals surface area contributed by atoms with E-state index in [4.69, 9.17) is 9.47 Å². The zero-order valence-corrected chi connectivity index (χ0v) is 14.8. The molecule has 1 amide bonds. The summed E-state index contributed by atoms with van der Waals surface area (Å²) in [5.41, 5.74) is 0.103. The lowest BCUT2D eigenvalue weighted by Gasteiger charge is -2.43. The van der Waals surface area contributed by atoms with E-state index < -0.39 is 5.60 Å². The van der Waals surface area contributed by atoms with Crippen molar-refractivity contribution in [1.29, 1.82) is 0 Å². The van der Waals surface area contributed by atoms with Crippen LogP contribution in [-0.2, 0) is 0 Å². The van der Waals surface area contributed by atoms with Gasteiger partial charge < -0.3 is 14.4 Å². The molecule has 1 aromatic heterocycles. The minimum atomic E-state index is -0.511. The van der Waals surface area contributed by atoms with Crippen LogP contribution in [-0.4, -0.2) is 42.4 Å². The van der Waals surface area contributed by atoms with Crippen molar-refractivity contribution in [3.8, 4) is 11.5 Å². The number of fused-ring (bicyclic) bond motifs is 1. The maximum Gasteiger partial charge on any atom is 0.263 e. The third kappa shape index (κ3) is 2.91. The molecule has 1 aromatic carbocycles. The normalized spacial score (nSPS) is 18.6. The van der Waals surface area contributed by atoms with E-state index in [2.05, 4.69) is 0 Å². The van der Waals surface area contributed by atoms with Crippen molar-refractivity contribution in [1.82, 2.24) is 4.90 Å². The smallest absolute Gasteiger partial charge is 0.263 e. The molecular formula is C19H19NO4S. The fraction of sp³-hybridized carbons (Fsp3) is 0.368. The number of amides is 1. The molecule has 4 rings (SSSR count). The fourth-order valence-electron chi connectivity index (χ4n) is 3.55. The highest BCUT2D eigenvalue weighted by atomic mass is 32.1. The molecule has 3 heterocycles. The van der Waals surface area contributed by atoms with Crippen LogP contribution in [0, 0.1) is 0 Å². The molecule has 2 aliphatic heterocycles. The highest BCUT2D eigenvalue weighted by molar-refractivity contribution is 7.12. The number of piperidine rings is 1. The topological polar surface area (TPSA) is 55.8 Å². The van der Waals surface area contributed by atoms with Crippen molar-refractivity contribution in [3.05, 3.63) is 46.2 Å². The van der Waals surface area contributed by atoms with Gasteiger partial charge in [-0.2, -0.15) is 0 Å². The van der Waals surface area contributed by atoms with Crippen molar-refractivity contribution in [3.63, 3.8) is 0 Å². The van der Waals surface area contributed by atoms with Gasteiger partial charge in [-0.3, -0.25) is 9.59 Å². The molecule has 1 spiro atoms. The molecule has 0 aliphatic carbocycles. The van der Waals surface area contributed by atoms with E-state index in [1.54, 1.807) is 25.3 Å². The monoisotopic (exact) mass is 357 g/mol. The Balaban J connectivity index is 1.51. The second-order valence-electron chi connectivity index (χ2n) is 6.52. The number of ketones is 1. The Morgan fingerprint density at radius 1 is 1.28 bits per heavy atom. The molecule has 0 N–H and O–H groups in total. The van der Waals surface area contributed by atoms with E-state index >= 15 is 0 Å². The number of benzene rings is 1. The lowest BCUT2D eigenvalue weighted by Crippen LogP contribution is -2.52. The molecule has 25 heavy (non-hydrogen) atoms. The van der Waals surface area contributed by atoms with Gasteiger partial charge in [-0.05, 0) is 23.6 Å². The molecule has 0 atom stereocenters. The highest BCUT2D eigenvalue weighted by Crippen LogP contribution is 2.41. The standard InChI is InChI=1S/C19H19NO4S/c1-23-13-4-5-14-15(21)12-19(24-16(14)11-13)6-8-20(9-7-19)18(22)17-3-2-10-25-17/h2-5,10-11H,6-9,12H2,1H3. The molecule has 1 fully saturated rings. The second kappa shape index (κ2) is 6.19. The SMILES string of the molecule is COc1ccc2c(c1)OC1(CCN(C(=O)c3cccs3)CC1)CC2=O. The van der Waals surface area contributed by atoms with E-state index in [0.717, 1.165) is 4.88 Å². The minimum absolute atomic E-state index is 0.0639. The third-order valence-electron chi connectivity index (χ3n) is 4.99. The van der Waals surface area contributed by atoms with Crippen LogP contribution in [0.3, 0.4) is 0 Å². The van der Waals surface area contributed by atoms with E-state index in [-0.39, 0.29) is 11.7 Å². The molecule has 6 heteroatoms. The van der Waals surface area contributed by atoms with Gasteiger partial charge >= 0.3 is 0 Å². The van der Waals surface area contributed by atoms with Gasteiger partial charge in [-0.1, -0.05) is 6.07 Å². The lowest BCUT2D eigenvalue weighted by atomic mass is 9.82. The van der Waals surface area contributed by atoms with Gasteiger partial charge in [-0.25, -0.2) is 0 Å². The van der Waals surface area contributed by atoms with Gasteiger partial charge in [0, 0.05) is 32.0 Å². The number of hydrogen-bond acceptors (Lipinski definition) is 5. The van der Waals surface area contributed by atoms with Gasteiger partial charge in [0.05, 0.1) is 24.0 Å². The van der Waals surface area contributed by atoms with Crippen molar-refractivity contribution in [2.24, 2.45) is 0 Å².